The van der Waals surface area contributed by atoms with Gasteiger partial charge in [-0.2, -0.15) is 0 Å². The van der Waals surface area contributed by atoms with Crippen LogP contribution in [0.1, 0.15) is 5.56 Å². The first-order chi connectivity index (χ1) is 9.76. The van der Waals surface area contributed by atoms with Crippen molar-refractivity contribution in [3.05, 3.63) is 28.8 Å². The number of thioether (sulfide) groups is 1. The standard InChI is InChI=1S/C12H14ClN5OS/c13-9-1-2-11-8(5-9)6-10(19-11)7-20-12-15-16-17-18(12)4-3-14/h1-2,5,10H,3-4,6-7,14H2. The molecule has 1 aromatic heterocycles. The lowest BCUT2D eigenvalue weighted by atomic mass is 10.1. The van der Waals surface area contributed by atoms with Gasteiger partial charge in [-0.25, -0.2) is 4.68 Å². The molecule has 106 valence electrons. The van der Waals surface area contributed by atoms with Crippen LogP contribution in [-0.4, -0.2) is 38.6 Å². The number of nitrogens with two attached hydrogens (primary N) is 1. The quantitative estimate of drug-likeness (QED) is 0.841. The van der Waals surface area contributed by atoms with Crippen molar-refractivity contribution in [2.24, 2.45) is 5.73 Å². The van der Waals surface area contributed by atoms with Crippen LogP contribution in [-0.2, 0) is 13.0 Å². The Morgan fingerprint density at radius 3 is 3.25 bits per heavy atom. The molecule has 2 heterocycles. The first-order valence-corrected chi connectivity index (χ1v) is 7.66. The maximum Gasteiger partial charge on any atom is 0.209 e. The highest BCUT2D eigenvalue weighted by Gasteiger charge is 2.23. The number of rotatable bonds is 5. The van der Waals surface area contributed by atoms with E-state index in [9.17, 15) is 0 Å². The largest absolute Gasteiger partial charge is 0.489 e. The Morgan fingerprint density at radius 1 is 1.50 bits per heavy atom. The lowest BCUT2D eigenvalue weighted by Gasteiger charge is -2.09. The lowest BCUT2D eigenvalue weighted by Crippen LogP contribution is -2.17. The molecule has 0 fully saturated rings. The summed E-state index contributed by atoms with van der Waals surface area (Å²) in [4.78, 5) is 0. The Balaban J connectivity index is 1.59. The minimum atomic E-state index is 0.122. The molecule has 2 aromatic rings. The molecule has 3 rings (SSSR count). The highest BCUT2D eigenvalue weighted by atomic mass is 35.5. The summed E-state index contributed by atoms with van der Waals surface area (Å²) in [5, 5.41) is 13.1. The summed E-state index contributed by atoms with van der Waals surface area (Å²) in [5.41, 5.74) is 6.67. The van der Waals surface area contributed by atoms with Crippen LogP contribution in [0.25, 0.3) is 0 Å². The van der Waals surface area contributed by atoms with Crippen LogP contribution in [0.2, 0.25) is 5.02 Å². The number of hydrogen-bond acceptors (Lipinski definition) is 6. The van der Waals surface area contributed by atoms with Gasteiger partial charge >= 0.3 is 0 Å². The van der Waals surface area contributed by atoms with Gasteiger partial charge in [-0.15, -0.1) is 5.10 Å². The third kappa shape index (κ3) is 2.89. The molecule has 8 heteroatoms. The van der Waals surface area contributed by atoms with E-state index in [-0.39, 0.29) is 6.10 Å². The van der Waals surface area contributed by atoms with E-state index < -0.39 is 0 Å². The summed E-state index contributed by atoms with van der Waals surface area (Å²) in [6.45, 7) is 1.14. The highest BCUT2D eigenvalue weighted by molar-refractivity contribution is 7.99. The molecule has 0 spiro atoms. The number of fused-ring (bicyclic) bond motifs is 1. The molecule has 0 saturated heterocycles. The second kappa shape index (κ2) is 5.99. The third-order valence-corrected chi connectivity index (χ3v) is 4.33. The molecule has 0 saturated carbocycles. The van der Waals surface area contributed by atoms with Gasteiger partial charge in [-0.3, -0.25) is 0 Å². The van der Waals surface area contributed by atoms with E-state index in [4.69, 9.17) is 22.1 Å². The van der Waals surface area contributed by atoms with Gasteiger partial charge in [-0.1, -0.05) is 23.4 Å². The van der Waals surface area contributed by atoms with Crippen molar-refractivity contribution in [2.45, 2.75) is 24.2 Å². The van der Waals surface area contributed by atoms with Gasteiger partial charge in [0.1, 0.15) is 11.9 Å². The minimum Gasteiger partial charge on any atom is -0.489 e. The molecule has 20 heavy (non-hydrogen) atoms. The zero-order valence-corrected chi connectivity index (χ0v) is 12.3. The second-order valence-electron chi connectivity index (χ2n) is 4.48. The van der Waals surface area contributed by atoms with E-state index in [2.05, 4.69) is 15.5 Å². The van der Waals surface area contributed by atoms with Gasteiger partial charge in [0.15, 0.2) is 0 Å². The van der Waals surface area contributed by atoms with Crippen LogP contribution in [0.3, 0.4) is 0 Å². The predicted molar refractivity (Wildman–Crippen MR) is 77.2 cm³/mol. The Hall–Kier alpha value is -1.31. The normalized spacial score (nSPS) is 17.0. The number of hydrogen-bond donors (Lipinski definition) is 1. The molecule has 0 aliphatic carbocycles. The summed E-state index contributed by atoms with van der Waals surface area (Å²) in [6, 6.07) is 5.72. The Labute approximate surface area is 125 Å². The molecule has 1 aliphatic rings. The van der Waals surface area contributed by atoms with Gasteiger partial charge in [0.2, 0.25) is 5.16 Å². The monoisotopic (exact) mass is 311 g/mol. The molecule has 2 N–H and O–H groups in total. The molecule has 1 aromatic carbocycles. The van der Waals surface area contributed by atoms with Crippen molar-refractivity contribution in [2.75, 3.05) is 12.3 Å². The van der Waals surface area contributed by atoms with Crippen molar-refractivity contribution in [3.8, 4) is 5.75 Å². The first-order valence-electron chi connectivity index (χ1n) is 6.30. The van der Waals surface area contributed by atoms with Crippen molar-refractivity contribution in [1.29, 1.82) is 0 Å². The molecule has 1 aliphatic heterocycles. The predicted octanol–water partition coefficient (Wildman–Crippen LogP) is 1.38. The molecular weight excluding hydrogens is 298 g/mol. The summed E-state index contributed by atoms with van der Waals surface area (Å²) >= 11 is 7.56. The molecule has 0 bridgehead atoms. The molecule has 0 radical (unpaired) electrons. The maximum absolute atomic E-state index is 5.98. The van der Waals surface area contributed by atoms with E-state index in [0.717, 1.165) is 33.7 Å². The van der Waals surface area contributed by atoms with Crippen LogP contribution in [0.15, 0.2) is 23.4 Å². The molecule has 6 nitrogen and oxygen atoms in total. The molecular formula is C12H14ClN5OS. The van der Waals surface area contributed by atoms with Gasteiger partial charge in [0.05, 0.1) is 6.54 Å². The average Bonchev–Trinajstić information content (AvgIpc) is 3.02. The zero-order valence-electron chi connectivity index (χ0n) is 10.7. The first kappa shape index (κ1) is 13.7. The Bertz CT molecular complexity index is 605. The third-order valence-electron chi connectivity index (χ3n) is 3.00. The Morgan fingerprint density at radius 2 is 2.40 bits per heavy atom. The van der Waals surface area contributed by atoms with E-state index in [1.807, 2.05) is 18.2 Å². The van der Waals surface area contributed by atoms with Crippen LogP contribution in [0.5, 0.6) is 5.75 Å². The van der Waals surface area contributed by atoms with E-state index in [1.54, 1.807) is 16.4 Å². The van der Waals surface area contributed by atoms with Crippen LogP contribution in [0.4, 0.5) is 0 Å². The number of nitrogens with zero attached hydrogens (tertiary/aromatic N) is 4. The fourth-order valence-corrected chi connectivity index (χ4v) is 3.20. The van der Waals surface area contributed by atoms with Crippen molar-refractivity contribution in [1.82, 2.24) is 20.2 Å². The zero-order chi connectivity index (χ0) is 13.9. The van der Waals surface area contributed by atoms with Gasteiger partial charge < -0.3 is 10.5 Å². The minimum absolute atomic E-state index is 0.122. The van der Waals surface area contributed by atoms with Crippen molar-refractivity contribution >= 4 is 23.4 Å². The highest BCUT2D eigenvalue weighted by Crippen LogP contribution is 2.32. The van der Waals surface area contributed by atoms with Crippen molar-refractivity contribution < 1.29 is 4.74 Å². The fraction of sp³-hybridized carbons (Fsp3) is 0.417. The summed E-state index contributed by atoms with van der Waals surface area (Å²) in [7, 11) is 0. The molecule has 1 unspecified atom stereocenters. The van der Waals surface area contributed by atoms with Crippen LogP contribution in [0, 0.1) is 0 Å². The van der Waals surface area contributed by atoms with E-state index in [0.29, 0.717) is 13.1 Å². The van der Waals surface area contributed by atoms with Crippen molar-refractivity contribution in [3.63, 3.8) is 0 Å². The smallest absolute Gasteiger partial charge is 0.209 e. The number of halogens is 1. The number of ether oxygens (including phenoxy) is 1. The number of benzene rings is 1. The number of aromatic nitrogens is 4. The van der Waals surface area contributed by atoms with Crippen LogP contribution >= 0.6 is 23.4 Å². The van der Waals surface area contributed by atoms with Crippen LogP contribution < -0.4 is 10.5 Å². The molecule has 1 atom stereocenters. The van der Waals surface area contributed by atoms with Gasteiger partial charge in [-0.05, 0) is 34.2 Å². The number of tetrazole rings is 1. The topological polar surface area (TPSA) is 78.9 Å². The summed E-state index contributed by atoms with van der Waals surface area (Å²) in [6.07, 6.45) is 0.984. The van der Waals surface area contributed by atoms with Gasteiger partial charge in [0, 0.05) is 23.7 Å². The van der Waals surface area contributed by atoms with E-state index in [1.165, 1.54) is 0 Å². The SMILES string of the molecule is NCCn1nnnc1SCC1Cc2cc(Cl)ccc2O1. The summed E-state index contributed by atoms with van der Waals surface area (Å²) in [5.74, 6) is 1.71. The van der Waals surface area contributed by atoms with E-state index >= 15 is 0 Å². The Kier molecular flexibility index (Phi) is 4.09. The maximum atomic E-state index is 5.98. The second-order valence-corrected chi connectivity index (χ2v) is 5.90. The van der Waals surface area contributed by atoms with Gasteiger partial charge in [0.25, 0.3) is 0 Å². The average molecular weight is 312 g/mol. The fourth-order valence-electron chi connectivity index (χ4n) is 2.11. The molecule has 0 amide bonds. The summed E-state index contributed by atoms with van der Waals surface area (Å²) < 4.78 is 7.59. The lowest BCUT2D eigenvalue weighted by molar-refractivity contribution is 0.259.